The van der Waals surface area contributed by atoms with Crippen LogP contribution in [0, 0.1) is 0 Å². The molecule has 0 aliphatic carbocycles. The third kappa shape index (κ3) is 1.76. The summed E-state index contributed by atoms with van der Waals surface area (Å²) in [7, 11) is -3.14. The molecule has 76 valence electrons. The summed E-state index contributed by atoms with van der Waals surface area (Å²) >= 11 is 0. The van der Waals surface area contributed by atoms with Crippen LogP contribution in [-0.2, 0) is 9.84 Å². The van der Waals surface area contributed by atoms with Gasteiger partial charge in [0, 0.05) is 23.2 Å². The summed E-state index contributed by atoms with van der Waals surface area (Å²) in [5.41, 5.74) is 0. The molecule has 3 nitrogen and oxygen atoms in total. The predicted octanol–water partition coefficient (Wildman–Crippen LogP) is 1.99. The third-order valence-electron chi connectivity index (χ3n) is 1.93. The first-order valence-corrected chi connectivity index (χ1v) is 5.74. The Bertz CT molecular complexity index is 545. The zero-order chi connectivity index (χ0) is 9.47. The van der Waals surface area contributed by atoms with E-state index < -0.39 is 9.84 Å². The maximum Gasteiger partial charge on any atom is 0.191 e. The number of fused-ring (bicyclic) bond motifs is 1. The summed E-state index contributed by atoms with van der Waals surface area (Å²) in [4.78, 5) is 2.77. The number of sulfone groups is 1. The topological polar surface area (TPSA) is 49.9 Å². The maximum atomic E-state index is 11.3. The second kappa shape index (κ2) is 3.63. The van der Waals surface area contributed by atoms with Gasteiger partial charge in [-0.2, -0.15) is 0 Å². The standard InChI is InChI=1S/C9H9NO2S.ClH/c1-13(11,12)9-8-5-3-2-4-7(8)6-10-9;/h2-6,10H,1H3;1H. The minimum atomic E-state index is -3.14. The van der Waals surface area contributed by atoms with Gasteiger partial charge in [0.1, 0.15) is 5.03 Å². The largest absolute Gasteiger partial charge is 0.351 e. The molecule has 0 bridgehead atoms. The van der Waals surface area contributed by atoms with E-state index in [1.807, 2.05) is 18.2 Å². The van der Waals surface area contributed by atoms with Crippen LogP contribution in [0.2, 0.25) is 0 Å². The fourth-order valence-corrected chi connectivity index (χ4v) is 2.22. The van der Waals surface area contributed by atoms with Crippen LogP contribution in [0.3, 0.4) is 0 Å². The fourth-order valence-electron chi connectivity index (χ4n) is 1.36. The Morgan fingerprint density at radius 1 is 1.21 bits per heavy atom. The number of hydrogen-bond donors (Lipinski definition) is 1. The van der Waals surface area contributed by atoms with Crippen molar-refractivity contribution in [2.45, 2.75) is 5.03 Å². The second-order valence-corrected chi connectivity index (χ2v) is 4.93. The van der Waals surface area contributed by atoms with Crippen molar-refractivity contribution in [3.8, 4) is 0 Å². The molecule has 5 heteroatoms. The first kappa shape index (κ1) is 11.1. The Morgan fingerprint density at radius 3 is 2.50 bits per heavy atom. The van der Waals surface area contributed by atoms with E-state index in [1.165, 1.54) is 6.26 Å². The summed E-state index contributed by atoms with van der Waals surface area (Å²) in [6.45, 7) is 0. The highest BCUT2D eigenvalue weighted by atomic mass is 35.5. The molecule has 0 unspecified atom stereocenters. The zero-order valence-corrected chi connectivity index (χ0v) is 9.15. The summed E-state index contributed by atoms with van der Waals surface area (Å²) in [6.07, 6.45) is 2.90. The van der Waals surface area contributed by atoms with Gasteiger partial charge in [-0.25, -0.2) is 8.42 Å². The molecular formula is C9H10ClNO2S. The monoisotopic (exact) mass is 231 g/mol. The van der Waals surface area contributed by atoms with Gasteiger partial charge in [0.05, 0.1) is 0 Å². The van der Waals surface area contributed by atoms with Gasteiger partial charge in [0.25, 0.3) is 0 Å². The van der Waals surface area contributed by atoms with Gasteiger partial charge >= 0.3 is 0 Å². The van der Waals surface area contributed by atoms with Gasteiger partial charge in [0.2, 0.25) is 0 Å². The van der Waals surface area contributed by atoms with Crippen molar-refractivity contribution in [3.05, 3.63) is 30.5 Å². The molecule has 1 aromatic heterocycles. The average Bonchev–Trinajstić information content (AvgIpc) is 2.45. The zero-order valence-electron chi connectivity index (χ0n) is 7.52. The highest BCUT2D eigenvalue weighted by molar-refractivity contribution is 7.90. The summed E-state index contributed by atoms with van der Waals surface area (Å²) < 4.78 is 22.6. The summed E-state index contributed by atoms with van der Waals surface area (Å²) in [5.74, 6) is 0. The number of rotatable bonds is 1. The van der Waals surface area contributed by atoms with Crippen LogP contribution in [0.1, 0.15) is 0 Å². The number of nitrogens with one attached hydrogen (secondary N) is 1. The van der Waals surface area contributed by atoms with Crippen LogP contribution in [0.4, 0.5) is 0 Å². The van der Waals surface area contributed by atoms with Crippen molar-refractivity contribution in [2.24, 2.45) is 0 Å². The summed E-state index contributed by atoms with van der Waals surface area (Å²) in [5, 5.41) is 1.97. The van der Waals surface area contributed by atoms with Gasteiger partial charge in [-0.05, 0) is 0 Å². The van der Waals surface area contributed by atoms with E-state index in [1.54, 1.807) is 12.3 Å². The molecule has 0 radical (unpaired) electrons. The molecule has 0 saturated heterocycles. The minimum Gasteiger partial charge on any atom is -0.351 e. The van der Waals surface area contributed by atoms with Crippen molar-refractivity contribution in [2.75, 3.05) is 6.26 Å². The van der Waals surface area contributed by atoms with Crippen LogP contribution >= 0.6 is 12.4 Å². The number of aromatic amines is 1. The minimum absolute atomic E-state index is 0. The van der Waals surface area contributed by atoms with Gasteiger partial charge in [-0.15, -0.1) is 12.4 Å². The van der Waals surface area contributed by atoms with E-state index in [9.17, 15) is 8.42 Å². The lowest BCUT2D eigenvalue weighted by atomic mass is 10.2. The van der Waals surface area contributed by atoms with E-state index in [0.717, 1.165) is 10.8 Å². The van der Waals surface area contributed by atoms with Crippen LogP contribution in [0.15, 0.2) is 35.5 Å². The average molecular weight is 232 g/mol. The number of benzene rings is 1. The van der Waals surface area contributed by atoms with Gasteiger partial charge in [0.15, 0.2) is 9.84 Å². The van der Waals surface area contributed by atoms with E-state index in [-0.39, 0.29) is 12.4 Å². The Balaban J connectivity index is 0.000000980. The molecule has 1 N–H and O–H groups in total. The molecule has 2 rings (SSSR count). The SMILES string of the molecule is CS(=O)(=O)c1[nH]cc2ccccc12.Cl. The van der Waals surface area contributed by atoms with E-state index in [0.29, 0.717) is 5.03 Å². The van der Waals surface area contributed by atoms with Crippen molar-refractivity contribution in [3.63, 3.8) is 0 Å². The Morgan fingerprint density at radius 2 is 1.86 bits per heavy atom. The molecule has 2 aromatic rings. The molecule has 0 saturated carbocycles. The van der Waals surface area contributed by atoms with Crippen LogP contribution in [0.5, 0.6) is 0 Å². The lowest BCUT2D eigenvalue weighted by Gasteiger charge is -1.94. The first-order chi connectivity index (χ1) is 6.09. The van der Waals surface area contributed by atoms with E-state index in [4.69, 9.17) is 0 Å². The Labute approximate surface area is 88.5 Å². The van der Waals surface area contributed by atoms with Gasteiger partial charge < -0.3 is 4.98 Å². The van der Waals surface area contributed by atoms with Gasteiger partial charge in [-0.3, -0.25) is 0 Å². The van der Waals surface area contributed by atoms with Crippen molar-refractivity contribution < 1.29 is 8.42 Å². The van der Waals surface area contributed by atoms with E-state index >= 15 is 0 Å². The van der Waals surface area contributed by atoms with Crippen LogP contribution in [-0.4, -0.2) is 19.7 Å². The van der Waals surface area contributed by atoms with Gasteiger partial charge in [-0.1, -0.05) is 24.3 Å². The Kier molecular flexibility index (Phi) is 2.87. The number of halogens is 1. The lowest BCUT2D eigenvalue weighted by Crippen LogP contribution is -1.97. The maximum absolute atomic E-state index is 11.3. The van der Waals surface area contributed by atoms with Crippen molar-refractivity contribution in [1.82, 2.24) is 4.98 Å². The smallest absolute Gasteiger partial charge is 0.191 e. The molecular weight excluding hydrogens is 222 g/mol. The predicted molar refractivity (Wildman–Crippen MR) is 58.7 cm³/mol. The highest BCUT2D eigenvalue weighted by Gasteiger charge is 2.12. The number of aromatic nitrogens is 1. The molecule has 0 amide bonds. The molecule has 0 atom stereocenters. The molecule has 1 heterocycles. The fraction of sp³-hybridized carbons (Fsp3) is 0.111. The highest BCUT2D eigenvalue weighted by Crippen LogP contribution is 2.21. The van der Waals surface area contributed by atoms with Crippen LogP contribution in [0.25, 0.3) is 10.8 Å². The van der Waals surface area contributed by atoms with Crippen LogP contribution < -0.4 is 0 Å². The Hall–Kier alpha value is -1.00. The molecule has 14 heavy (non-hydrogen) atoms. The summed E-state index contributed by atoms with van der Waals surface area (Å²) in [6, 6.07) is 7.37. The van der Waals surface area contributed by atoms with Crippen molar-refractivity contribution >= 4 is 33.0 Å². The number of H-pyrrole nitrogens is 1. The van der Waals surface area contributed by atoms with E-state index in [2.05, 4.69) is 4.98 Å². The molecule has 0 fully saturated rings. The first-order valence-electron chi connectivity index (χ1n) is 3.85. The molecule has 0 aliphatic rings. The number of hydrogen-bond acceptors (Lipinski definition) is 2. The van der Waals surface area contributed by atoms with Crippen molar-refractivity contribution in [1.29, 1.82) is 0 Å². The normalized spacial score (nSPS) is 11.2. The lowest BCUT2D eigenvalue weighted by molar-refractivity contribution is 0.600. The second-order valence-electron chi connectivity index (χ2n) is 2.98. The quantitative estimate of drug-likeness (QED) is 0.816. The third-order valence-corrected chi connectivity index (χ3v) is 3.01. The molecule has 0 spiro atoms. The molecule has 1 aromatic carbocycles. The molecule has 0 aliphatic heterocycles.